The minimum atomic E-state index is -0.144. The van der Waals surface area contributed by atoms with Gasteiger partial charge in [-0.1, -0.05) is 17.7 Å². The Morgan fingerprint density at radius 2 is 1.32 bits per heavy atom. The van der Waals surface area contributed by atoms with E-state index in [1.807, 2.05) is 55.5 Å². The van der Waals surface area contributed by atoms with Gasteiger partial charge in [0.25, 0.3) is 0 Å². The van der Waals surface area contributed by atoms with Crippen molar-refractivity contribution in [2.75, 3.05) is 48.8 Å². The molecule has 28 heavy (non-hydrogen) atoms. The molecule has 6 nitrogen and oxygen atoms in total. The van der Waals surface area contributed by atoms with Crippen LogP contribution in [0.5, 0.6) is 0 Å². The van der Waals surface area contributed by atoms with E-state index in [4.69, 9.17) is 0 Å². The summed E-state index contributed by atoms with van der Waals surface area (Å²) in [5, 5.41) is 5.73. The quantitative estimate of drug-likeness (QED) is 0.775. The first-order valence-corrected chi connectivity index (χ1v) is 9.69. The van der Waals surface area contributed by atoms with Crippen LogP contribution in [0.4, 0.5) is 17.1 Å². The van der Waals surface area contributed by atoms with Crippen LogP contribution in [0, 0.1) is 6.92 Å². The van der Waals surface area contributed by atoms with E-state index in [2.05, 4.69) is 15.5 Å². The fraction of sp³-hybridized carbons (Fsp3) is 0.364. The maximum Gasteiger partial charge on any atom is 0.238 e. The Hall–Kier alpha value is -2.86. The number of benzene rings is 2. The molecule has 2 amide bonds. The van der Waals surface area contributed by atoms with Crippen LogP contribution < -0.4 is 15.5 Å². The molecule has 0 atom stereocenters. The number of nitrogens with zero attached hydrogens (tertiary/aromatic N) is 2. The highest BCUT2D eigenvalue weighted by Crippen LogP contribution is 2.22. The molecule has 1 aliphatic rings. The summed E-state index contributed by atoms with van der Waals surface area (Å²) < 4.78 is 0. The van der Waals surface area contributed by atoms with Crippen molar-refractivity contribution in [2.24, 2.45) is 0 Å². The molecule has 0 aromatic heterocycles. The minimum absolute atomic E-state index is 0.139. The molecule has 1 saturated heterocycles. The number of carbonyl (C=O) groups is 2. The molecule has 0 saturated carbocycles. The Labute approximate surface area is 166 Å². The third kappa shape index (κ3) is 5.82. The van der Waals surface area contributed by atoms with Gasteiger partial charge in [0.05, 0.1) is 13.1 Å². The molecule has 0 bridgehead atoms. The molecule has 0 unspecified atom stereocenters. The Kier molecular flexibility index (Phi) is 6.66. The Bertz CT molecular complexity index is 796. The lowest BCUT2D eigenvalue weighted by atomic mass is 10.2. The fourth-order valence-electron chi connectivity index (χ4n) is 3.32. The molecule has 0 spiro atoms. The van der Waals surface area contributed by atoms with Crippen LogP contribution >= 0.6 is 0 Å². The number of hydrogen-bond acceptors (Lipinski definition) is 4. The lowest BCUT2D eigenvalue weighted by Crippen LogP contribution is -2.36. The number of likely N-dealkylation sites (N-methyl/N-ethyl adjacent to an activating group) is 1. The van der Waals surface area contributed by atoms with Crippen LogP contribution in [0.25, 0.3) is 0 Å². The van der Waals surface area contributed by atoms with E-state index in [1.165, 1.54) is 18.5 Å². The summed E-state index contributed by atoms with van der Waals surface area (Å²) >= 11 is 0. The van der Waals surface area contributed by atoms with E-state index >= 15 is 0 Å². The fourth-order valence-corrected chi connectivity index (χ4v) is 3.32. The molecule has 3 rings (SSSR count). The molecular weight excluding hydrogens is 352 g/mol. The summed E-state index contributed by atoms with van der Waals surface area (Å²) in [5.74, 6) is -0.284. The van der Waals surface area contributed by atoms with Gasteiger partial charge in [-0.15, -0.1) is 0 Å². The molecule has 6 heteroatoms. The molecule has 148 valence electrons. The van der Waals surface area contributed by atoms with Crippen molar-refractivity contribution >= 4 is 28.9 Å². The highest BCUT2D eigenvalue weighted by molar-refractivity contribution is 5.94. The van der Waals surface area contributed by atoms with Crippen molar-refractivity contribution in [1.29, 1.82) is 0 Å². The number of carbonyl (C=O) groups excluding carboxylic acids is 2. The van der Waals surface area contributed by atoms with Crippen molar-refractivity contribution in [1.82, 2.24) is 4.90 Å². The summed E-state index contributed by atoms with van der Waals surface area (Å²) in [5.41, 5.74) is 3.86. The zero-order valence-electron chi connectivity index (χ0n) is 16.6. The first kappa shape index (κ1) is 19.9. The molecule has 2 N–H and O–H groups in total. The number of hydrogen-bond donors (Lipinski definition) is 2. The second kappa shape index (κ2) is 9.37. The topological polar surface area (TPSA) is 64.7 Å². The zero-order chi connectivity index (χ0) is 19.9. The summed E-state index contributed by atoms with van der Waals surface area (Å²) in [6, 6.07) is 15.6. The number of anilines is 3. The smallest absolute Gasteiger partial charge is 0.238 e. The lowest BCUT2D eigenvalue weighted by molar-refractivity contribution is -0.119. The predicted molar refractivity (Wildman–Crippen MR) is 114 cm³/mol. The molecular formula is C22H28N4O2. The second-order valence-electron chi connectivity index (χ2n) is 7.38. The first-order chi connectivity index (χ1) is 13.5. The average molecular weight is 380 g/mol. The van der Waals surface area contributed by atoms with Crippen LogP contribution in [0.2, 0.25) is 0 Å². The molecule has 1 aliphatic heterocycles. The molecule has 2 aromatic rings. The SMILES string of the molecule is Cc1ccc(NC(=O)CN(C)CC(=O)Nc2ccc(N3CCCC3)cc2)cc1. The maximum atomic E-state index is 12.2. The number of amides is 2. The van der Waals surface area contributed by atoms with Crippen molar-refractivity contribution in [2.45, 2.75) is 19.8 Å². The second-order valence-corrected chi connectivity index (χ2v) is 7.38. The Balaban J connectivity index is 1.43. The lowest BCUT2D eigenvalue weighted by Gasteiger charge is -2.18. The summed E-state index contributed by atoms with van der Waals surface area (Å²) in [6.45, 7) is 4.49. The van der Waals surface area contributed by atoms with Gasteiger partial charge in [0.2, 0.25) is 11.8 Å². The van der Waals surface area contributed by atoms with E-state index < -0.39 is 0 Å². The normalized spacial score (nSPS) is 13.6. The highest BCUT2D eigenvalue weighted by atomic mass is 16.2. The van der Waals surface area contributed by atoms with E-state index in [0.29, 0.717) is 0 Å². The molecule has 1 fully saturated rings. The zero-order valence-corrected chi connectivity index (χ0v) is 16.6. The van der Waals surface area contributed by atoms with Gasteiger partial charge in [0.1, 0.15) is 0 Å². The molecule has 0 aliphatic carbocycles. The van der Waals surface area contributed by atoms with Gasteiger partial charge in [0.15, 0.2) is 0 Å². The van der Waals surface area contributed by atoms with Crippen LogP contribution in [0.1, 0.15) is 18.4 Å². The molecule has 0 radical (unpaired) electrons. The van der Waals surface area contributed by atoms with E-state index in [9.17, 15) is 9.59 Å². The van der Waals surface area contributed by atoms with Crippen LogP contribution in [0.3, 0.4) is 0 Å². The van der Waals surface area contributed by atoms with Crippen molar-refractivity contribution < 1.29 is 9.59 Å². The maximum absolute atomic E-state index is 12.2. The van der Waals surface area contributed by atoms with E-state index in [-0.39, 0.29) is 24.9 Å². The largest absolute Gasteiger partial charge is 0.372 e. The monoisotopic (exact) mass is 380 g/mol. The van der Waals surface area contributed by atoms with Crippen molar-refractivity contribution in [3.05, 3.63) is 54.1 Å². The standard InChI is InChI=1S/C22H28N4O2/c1-17-5-7-18(8-6-17)23-21(27)15-25(2)16-22(28)24-19-9-11-20(12-10-19)26-13-3-4-14-26/h5-12H,3-4,13-16H2,1-2H3,(H,23,27)(H,24,28). The highest BCUT2D eigenvalue weighted by Gasteiger charge is 2.13. The third-order valence-corrected chi connectivity index (χ3v) is 4.78. The van der Waals surface area contributed by atoms with Crippen LogP contribution in [0.15, 0.2) is 48.5 Å². The summed E-state index contributed by atoms with van der Waals surface area (Å²) in [6.07, 6.45) is 2.48. The van der Waals surface area contributed by atoms with Gasteiger partial charge in [-0.2, -0.15) is 0 Å². The van der Waals surface area contributed by atoms with Gasteiger partial charge in [0, 0.05) is 30.2 Å². The van der Waals surface area contributed by atoms with E-state index in [1.54, 1.807) is 11.9 Å². The van der Waals surface area contributed by atoms with Gasteiger partial charge < -0.3 is 15.5 Å². The number of aryl methyl sites for hydroxylation is 1. The Morgan fingerprint density at radius 1 is 0.857 bits per heavy atom. The van der Waals surface area contributed by atoms with Gasteiger partial charge in [-0.05, 0) is 63.2 Å². The van der Waals surface area contributed by atoms with Gasteiger partial charge in [-0.3, -0.25) is 14.5 Å². The summed E-state index contributed by atoms with van der Waals surface area (Å²) in [4.78, 5) is 28.4. The number of nitrogens with one attached hydrogen (secondary N) is 2. The van der Waals surface area contributed by atoms with E-state index in [0.717, 1.165) is 30.0 Å². The predicted octanol–water partition coefficient (Wildman–Crippen LogP) is 3.10. The van der Waals surface area contributed by atoms with Gasteiger partial charge in [-0.25, -0.2) is 0 Å². The molecule has 2 aromatic carbocycles. The third-order valence-electron chi connectivity index (χ3n) is 4.78. The van der Waals surface area contributed by atoms with Crippen LogP contribution in [-0.4, -0.2) is 49.9 Å². The van der Waals surface area contributed by atoms with Crippen LogP contribution in [-0.2, 0) is 9.59 Å². The number of rotatable bonds is 7. The summed E-state index contributed by atoms with van der Waals surface area (Å²) in [7, 11) is 1.75. The average Bonchev–Trinajstić information content (AvgIpc) is 3.18. The van der Waals surface area contributed by atoms with Crippen molar-refractivity contribution in [3.63, 3.8) is 0 Å². The van der Waals surface area contributed by atoms with Gasteiger partial charge >= 0.3 is 0 Å². The Morgan fingerprint density at radius 3 is 1.82 bits per heavy atom. The minimum Gasteiger partial charge on any atom is -0.372 e. The first-order valence-electron chi connectivity index (χ1n) is 9.69. The molecule has 1 heterocycles. The van der Waals surface area contributed by atoms with Crippen molar-refractivity contribution in [3.8, 4) is 0 Å².